The van der Waals surface area contributed by atoms with Gasteiger partial charge in [-0.15, -0.1) is 0 Å². The lowest BCUT2D eigenvalue weighted by atomic mass is 9.75. The first-order chi connectivity index (χ1) is 15.7. The molecule has 0 radical (unpaired) electrons. The van der Waals surface area contributed by atoms with E-state index in [1.54, 1.807) is 0 Å². The van der Waals surface area contributed by atoms with E-state index in [1.165, 1.54) is 32.2 Å². The Morgan fingerprint density at radius 1 is 1.36 bits per heavy atom. The Bertz CT molecular complexity index is 1010. The second-order valence-electron chi connectivity index (χ2n) is 10.5. The lowest BCUT2D eigenvalue weighted by molar-refractivity contribution is -0.132. The Hall–Kier alpha value is -2.16. The number of piperidine rings is 1. The van der Waals surface area contributed by atoms with Crippen LogP contribution in [-0.4, -0.2) is 49.4 Å². The summed E-state index contributed by atoms with van der Waals surface area (Å²) in [5, 5.41) is 27.4. The van der Waals surface area contributed by atoms with Gasteiger partial charge >= 0.3 is 5.97 Å². The third kappa shape index (κ3) is 3.82. The average molecular weight is 460 g/mol. The first-order valence-electron chi connectivity index (χ1n) is 12.2. The van der Waals surface area contributed by atoms with E-state index in [2.05, 4.69) is 19.2 Å². The number of quaternary nitrogens is 1. The summed E-state index contributed by atoms with van der Waals surface area (Å²) in [6.45, 7) is 5.77. The molecule has 3 fully saturated rings. The van der Waals surface area contributed by atoms with Crippen molar-refractivity contribution in [2.24, 2.45) is 5.41 Å². The summed E-state index contributed by atoms with van der Waals surface area (Å²) in [7, 11) is 1.48. The molecule has 0 spiro atoms. The molecule has 2 aliphatic heterocycles. The highest BCUT2D eigenvalue weighted by molar-refractivity contribution is 5.90. The molecule has 1 aromatic rings. The molecule has 8 heteroatoms. The lowest BCUT2D eigenvalue weighted by Crippen LogP contribution is -2.56. The largest absolute Gasteiger partial charge is 0.622 e. The number of nitrogens with one attached hydrogen (secondary N) is 1. The fourth-order valence-electron chi connectivity index (χ4n) is 5.71. The van der Waals surface area contributed by atoms with Gasteiger partial charge in [-0.3, -0.25) is 4.65 Å². The number of methoxy groups -OCH3 is 1. The predicted octanol–water partition coefficient (Wildman–Crippen LogP) is 4.07. The summed E-state index contributed by atoms with van der Waals surface area (Å²) in [5.74, 6) is -1.32. The molecule has 3 unspecified atom stereocenters. The highest BCUT2D eigenvalue weighted by atomic mass is 19.1. The molecule has 7 nitrogen and oxygen atoms in total. The number of carboxylic acids is 1. The highest BCUT2D eigenvalue weighted by Crippen LogP contribution is 2.53. The quantitative estimate of drug-likeness (QED) is 0.472. The smallest absolute Gasteiger partial charge is 0.337 e. The van der Waals surface area contributed by atoms with E-state index in [1.807, 2.05) is 4.90 Å². The maximum atomic E-state index is 15.7. The number of hydrogen-bond donors (Lipinski definition) is 2. The van der Waals surface area contributed by atoms with Crippen LogP contribution in [-0.2, 0) is 11.2 Å². The molecule has 0 amide bonds. The van der Waals surface area contributed by atoms with Crippen LogP contribution in [0.4, 0.5) is 15.8 Å². The summed E-state index contributed by atoms with van der Waals surface area (Å²) in [4.78, 5) is 13.7. The second-order valence-corrected chi connectivity index (χ2v) is 10.5. The summed E-state index contributed by atoms with van der Waals surface area (Å²) in [6.07, 6.45) is 7.05. The number of carboxylic acid groups (broad SMARTS) is 1. The number of ether oxygens (including phenoxy) is 1. The van der Waals surface area contributed by atoms with Crippen molar-refractivity contribution in [2.75, 3.05) is 25.1 Å². The number of carbonyl (C=O) groups is 1. The molecule has 180 valence electrons. The minimum Gasteiger partial charge on any atom is -0.622 e. The topological polar surface area (TPSA) is 84.9 Å². The van der Waals surface area contributed by atoms with Gasteiger partial charge in [0, 0.05) is 55.4 Å². The minimum absolute atomic E-state index is 0.0177. The van der Waals surface area contributed by atoms with Crippen molar-refractivity contribution in [1.82, 2.24) is 9.96 Å². The highest BCUT2D eigenvalue weighted by Gasteiger charge is 2.48. The van der Waals surface area contributed by atoms with Crippen LogP contribution in [0.1, 0.15) is 57.9 Å². The molecule has 0 bridgehead atoms. The van der Waals surface area contributed by atoms with Crippen molar-refractivity contribution in [3.05, 3.63) is 34.4 Å². The second kappa shape index (κ2) is 7.96. The summed E-state index contributed by atoms with van der Waals surface area (Å²) in [6, 6.07) is 2.10. The number of hydroxylamine groups is 2. The van der Waals surface area contributed by atoms with Crippen LogP contribution in [0.2, 0.25) is 0 Å². The van der Waals surface area contributed by atoms with Crippen LogP contribution in [0.25, 0.3) is 0 Å². The van der Waals surface area contributed by atoms with Crippen LogP contribution < -0.4 is 19.6 Å². The maximum Gasteiger partial charge on any atom is 0.337 e. The van der Waals surface area contributed by atoms with Gasteiger partial charge in [0.1, 0.15) is 11.9 Å². The molecule has 1 saturated heterocycles. The Labute approximate surface area is 194 Å². The van der Waals surface area contributed by atoms with Crippen molar-refractivity contribution in [1.29, 1.82) is 0 Å². The number of fused-ring (bicyclic) bond motifs is 1. The van der Waals surface area contributed by atoms with Gasteiger partial charge in [-0.1, -0.05) is 13.8 Å². The molecular weight excluding hydrogens is 425 g/mol. The molecule has 0 aromatic heterocycles. The monoisotopic (exact) mass is 459 g/mol. The van der Waals surface area contributed by atoms with E-state index in [9.17, 15) is 15.1 Å². The van der Waals surface area contributed by atoms with E-state index < -0.39 is 16.4 Å². The number of aliphatic carboxylic acids is 1. The van der Waals surface area contributed by atoms with Gasteiger partial charge in [-0.05, 0) is 31.7 Å². The first-order valence-corrected chi connectivity index (χ1v) is 12.2. The third-order valence-electron chi connectivity index (χ3n) is 8.13. The van der Waals surface area contributed by atoms with Gasteiger partial charge in [-0.25, -0.2) is 9.18 Å². The fraction of sp³-hybridized carbons (Fsp3) is 0.640. The molecule has 2 saturated carbocycles. The van der Waals surface area contributed by atoms with Crippen molar-refractivity contribution >= 4 is 17.3 Å². The molecule has 1 aromatic carbocycles. The number of rotatable bonds is 7. The molecule has 3 atom stereocenters. The van der Waals surface area contributed by atoms with Crippen LogP contribution in [0.5, 0.6) is 5.75 Å². The van der Waals surface area contributed by atoms with Gasteiger partial charge in [0.05, 0.1) is 18.7 Å². The van der Waals surface area contributed by atoms with E-state index >= 15 is 4.39 Å². The summed E-state index contributed by atoms with van der Waals surface area (Å²) >= 11 is 0. The van der Waals surface area contributed by atoms with E-state index in [0.717, 1.165) is 12.8 Å². The molecule has 33 heavy (non-hydrogen) atoms. The molecule has 2 heterocycles. The molecular formula is C25H34FN3O4. The number of nitrogens with zero attached hydrogens (tertiary/aromatic N) is 2. The minimum atomic E-state index is -1.13. The van der Waals surface area contributed by atoms with Crippen molar-refractivity contribution in [2.45, 2.75) is 76.9 Å². The number of benzene rings is 1. The van der Waals surface area contributed by atoms with Gasteiger partial charge < -0.3 is 25.3 Å². The summed E-state index contributed by atoms with van der Waals surface area (Å²) in [5.41, 5.74) is 1.11. The summed E-state index contributed by atoms with van der Waals surface area (Å²) < 4.78 is 20.5. The maximum absolute atomic E-state index is 15.7. The normalized spacial score (nSPS) is 31.7. The van der Waals surface area contributed by atoms with Gasteiger partial charge in [0.15, 0.2) is 11.5 Å². The SMILES string of the molecule is CCC1(C)CN(c2c(F)cc3c(c2OC)[N+]([O-])(C2CC2)C=C(C(=O)O)C3)CCC1NC1CC1. The Balaban J connectivity index is 1.56. The Morgan fingerprint density at radius 2 is 2.09 bits per heavy atom. The predicted molar refractivity (Wildman–Crippen MR) is 126 cm³/mol. The van der Waals surface area contributed by atoms with Gasteiger partial charge in [0.25, 0.3) is 0 Å². The van der Waals surface area contributed by atoms with Gasteiger partial charge in [-0.2, -0.15) is 0 Å². The Morgan fingerprint density at radius 3 is 2.67 bits per heavy atom. The van der Waals surface area contributed by atoms with Crippen LogP contribution in [0, 0.1) is 16.4 Å². The van der Waals surface area contributed by atoms with E-state index in [4.69, 9.17) is 4.74 Å². The van der Waals surface area contributed by atoms with Crippen molar-refractivity contribution in [3.63, 3.8) is 0 Å². The van der Waals surface area contributed by atoms with E-state index in [-0.39, 0.29) is 29.2 Å². The fourth-order valence-corrected chi connectivity index (χ4v) is 5.71. The van der Waals surface area contributed by atoms with E-state index in [0.29, 0.717) is 55.0 Å². The van der Waals surface area contributed by atoms with Crippen LogP contribution >= 0.6 is 0 Å². The average Bonchev–Trinajstić information content (AvgIpc) is 3.68. The molecule has 2 aliphatic carbocycles. The van der Waals surface area contributed by atoms with Crippen molar-refractivity contribution < 1.29 is 19.0 Å². The zero-order valence-electron chi connectivity index (χ0n) is 19.7. The van der Waals surface area contributed by atoms with Crippen LogP contribution in [0.15, 0.2) is 17.8 Å². The third-order valence-corrected chi connectivity index (χ3v) is 8.13. The van der Waals surface area contributed by atoms with Gasteiger partial charge in [0.2, 0.25) is 5.75 Å². The Kier molecular flexibility index (Phi) is 5.46. The standard InChI is InChI=1S/C25H34FN3O4/c1-4-25(2)14-28(10-9-20(25)27-17-5-6-17)21-19(26)12-15-11-16(24(30)31)13-29(32,18-7-8-18)22(15)23(21)33-3/h12-13,17-18,20,27H,4-11,14H2,1-3H3,(H,30,31). The first kappa shape index (κ1) is 22.6. The molecule has 4 aliphatic rings. The molecule has 5 rings (SSSR count). The molecule has 2 N–H and O–H groups in total. The number of halogens is 1. The lowest BCUT2D eigenvalue weighted by Gasteiger charge is -2.48. The number of anilines is 1. The zero-order valence-corrected chi connectivity index (χ0v) is 19.7. The van der Waals surface area contributed by atoms with Crippen LogP contribution in [0.3, 0.4) is 0 Å². The zero-order chi connectivity index (χ0) is 23.5. The number of hydrogen-bond acceptors (Lipinski definition) is 5. The van der Waals surface area contributed by atoms with Crippen molar-refractivity contribution in [3.8, 4) is 5.75 Å².